The molecular weight excluding hydrogens is 376 g/mol. The third-order valence-electron chi connectivity index (χ3n) is 4.52. The molecule has 1 aliphatic heterocycles. The quantitative estimate of drug-likeness (QED) is 0.684. The Morgan fingerprint density at radius 3 is 3.04 bits per heavy atom. The number of nitrogens with one attached hydrogen (secondary N) is 1. The van der Waals surface area contributed by atoms with E-state index in [9.17, 15) is 4.79 Å². The summed E-state index contributed by atoms with van der Waals surface area (Å²) in [6.45, 7) is 0.751. The van der Waals surface area contributed by atoms with Crippen LogP contribution in [0.15, 0.2) is 53.4 Å². The molecule has 1 atom stereocenters. The molecule has 4 rings (SSSR count). The van der Waals surface area contributed by atoms with Crippen LogP contribution in [0, 0.1) is 5.92 Å². The van der Waals surface area contributed by atoms with E-state index in [-0.39, 0.29) is 11.8 Å². The first kappa shape index (κ1) is 18.3. The molecule has 7 heteroatoms. The summed E-state index contributed by atoms with van der Waals surface area (Å²) >= 11 is 1.53. The zero-order chi connectivity index (χ0) is 19.3. The number of carbonyl (C=O) groups is 1. The van der Waals surface area contributed by atoms with Crippen molar-refractivity contribution in [2.24, 2.45) is 5.92 Å². The van der Waals surface area contributed by atoms with Crippen LogP contribution in [0.5, 0.6) is 17.2 Å². The monoisotopic (exact) mass is 396 g/mol. The van der Waals surface area contributed by atoms with E-state index in [0.29, 0.717) is 31.1 Å². The second kappa shape index (κ2) is 8.31. The van der Waals surface area contributed by atoms with Crippen LogP contribution in [0.4, 0.5) is 5.69 Å². The Hall–Kier alpha value is -3.06. The van der Waals surface area contributed by atoms with E-state index in [1.807, 2.05) is 47.8 Å². The molecule has 0 saturated heterocycles. The summed E-state index contributed by atoms with van der Waals surface area (Å²) in [5, 5.41) is 4.91. The summed E-state index contributed by atoms with van der Waals surface area (Å²) < 4.78 is 16.8. The van der Waals surface area contributed by atoms with Gasteiger partial charge in [0, 0.05) is 17.1 Å². The smallest absolute Gasteiger partial charge is 0.231 e. The van der Waals surface area contributed by atoms with Gasteiger partial charge in [0.2, 0.25) is 5.91 Å². The van der Waals surface area contributed by atoms with Gasteiger partial charge in [-0.1, -0.05) is 6.07 Å². The molecule has 0 radical (unpaired) electrons. The molecule has 0 aliphatic carbocycles. The van der Waals surface area contributed by atoms with Gasteiger partial charge in [0.15, 0.2) is 0 Å². The molecule has 144 valence electrons. The van der Waals surface area contributed by atoms with E-state index in [0.717, 1.165) is 22.8 Å². The standard InChI is InChI=1S/C21H20N2O4S/c1-25-18-5-6-20-14(8-18)7-15(10-27-20)21(24)23-16-3-2-4-19(9-16)26-11-17-12-28-13-22-17/h2-6,8-9,12-13,15H,7,10-11H2,1H3,(H,23,24). The van der Waals surface area contributed by atoms with Gasteiger partial charge in [-0.2, -0.15) is 0 Å². The van der Waals surface area contributed by atoms with E-state index >= 15 is 0 Å². The van der Waals surface area contributed by atoms with Crippen molar-refractivity contribution in [3.05, 3.63) is 64.6 Å². The van der Waals surface area contributed by atoms with E-state index < -0.39 is 0 Å². The van der Waals surface area contributed by atoms with E-state index in [1.165, 1.54) is 11.3 Å². The van der Waals surface area contributed by atoms with Crippen molar-refractivity contribution in [3.63, 3.8) is 0 Å². The molecule has 2 aromatic carbocycles. The molecule has 0 fully saturated rings. The lowest BCUT2D eigenvalue weighted by Gasteiger charge is -2.25. The first-order valence-corrected chi connectivity index (χ1v) is 9.86. The Labute approximate surface area is 167 Å². The molecular formula is C21H20N2O4S. The lowest BCUT2D eigenvalue weighted by Crippen LogP contribution is -2.32. The van der Waals surface area contributed by atoms with Crippen LogP contribution >= 0.6 is 11.3 Å². The summed E-state index contributed by atoms with van der Waals surface area (Å²) in [4.78, 5) is 16.9. The fourth-order valence-electron chi connectivity index (χ4n) is 3.04. The number of thiazole rings is 1. The van der Waals surface area contributed by atoms with E-state index in [2.05, 4.69) is 10.3 Å². The molecule has 6 nitrogen and oxygen atoms in total. The van der Waals surface area contributed by atoms with Crippen LogP contribution in [-0.2, 0) is 17.8 Å². The molecule has 1 N–H and O–H groups in total. The molecule has 0 saturated carbocycles. The molecule has 1 unspecified atom stereocenters. The summed E-state index contributed by atoms with van der Waals surface area (Å²) in [6, 6.07) is 13.0. The Morgan fingerprint density at radius 2 is 2.21 bits per heavy atom. The van der Waals surface area contributed by atoms with Crippen LogP contribution in [0.2, 0.25) is 0 Å². The molecule has 0 spiro atoms. The molecule has 1 amide bonds. The molecule has 1 aromatic heterocycles. The van der Waals surface area contributed by atoms with Crippen molar-refractivity contribution in [2.75, 3.05) is 19.0 Å². The summed E-state index contributed by atoms with van der Waals surface area (Å²) in [7, 11) is 1.62. The molecule has 1 aliphatic rings. The zero-order valence-corrected chi connectivity index (χ0v) is 16.2. The fourth-order valence-corrected chi connectivity index (χ4v) is 3.58. The maximum Gasteiger partial charge on any atom is 0.231 e. The lowest BCUT2D eigenvalue weighted by atomic mass is 9.95. The highest BCUT2D eigenvalue weighted by atomic mass is 32.1. The zero-order valence-electron chi connectivity index (χ0n) is 15.4. The number of ether oxygens (including phenoxy) is 3. The number of nitrogens with zero attached hydrogens (tertiary/aromatic N) is 1. The van der Waals surface area contributed by atoms with Gasteiger partial charge >= 0.3 is 0 Å². The van der Waals surface area contributed by atoms with Gasteiger partial charge in [-0.3, -0.25) is 4.79 Å². The number of benzene rings is 2. The van der Waals surface area contributed by atoms with Crippen molar-refractivity contribution < 1.29 is 19.0 Å². The Bertz CT molecular complexity index is 959. The highest BCUT2D eigenvalue weighted by Crippen LogP contribution is 2.31. The number of carbonyl (C=O) groups excluding carboxylic acids is 1. The van der Waals surface area contributed by atoms with Gasteiger partial charge in [-0.15, -0.1) is 11.3 Å². The lowest BCUT2D eigenvalue weighted by molar-refractivity contribution is -0.121. The minimum atomic E-state index is -0.265. The second-order valence-corrected chi connectivity index (χ2v) is 7.19. The van der Waals surface area contributed by atoms with E-state index in [1.54, 1.807) is 12.6 Å². The van der Waals surface area contributed by atoms with Crippen molar-refractivity contribution in [1.29, 1.82) is 0 Å². The topological polar surface area (TPSA) is 69.7 Å². The van der Waals surface area contributed by atoms with Crippen molar-refractivity contribution in [1.82, 2.24) is 4.98 Å². The average molecular weight is 396 g/mol. The molecule has 2 heterocycles. The number of aromatic nitrogens is 1. The first-order valence-electron chi connectivity index (χ1n) is 8.92. The fraction of sp³-hybridized carbons (Fsp3) is 0.238. The number of hydrogen-bond donors (Lipinski definition) is 1. The highest BCUT2D eigenvalue weighted by Gasteiger charge is 2.26. The number of fused-ring (bicyclic) bond motifs is 1. The molecule has 28 heavy (non-hydrogen) atoms. The molecule has 3 aromatic rings. The normalized spacial score (nSPS) is 15.2. The number of methoxy groups -OCH3 is 1. The maximum atomic E-state index is 12.7. The van der Waals surface area contributed by atoms with Crippen LogP contribution in [-0.4, -0.2) is 24.6 Å². The van der Waals surface area contributed by atoms with Crippen LogP contribution in [0.1, 0.15) is 11.3 Å². The first-order chi connectivity index (χ1) is 13.7. The minimum Gasteiger partial charge on any atom is -0.497 e. The highest BCUT2D eigenvalue weighted by molar-refractivity contribution is 7.07. The van der Waals surface area contributed by atoms with Gasteiger partial charge in [-0.05, 0) is 42.3 Å². The largest absolute Gasteiger partial charge is 0.497 e. The summed E-state index contributed by atoms with van der Waals surface area (Å²) in [6.07, 6.45) is 0.610. The van der Waals surface area contributed by atoms with Gasteiger partial charge in [0.25, 0.3) is 0 Å². The van der Waals surface area contributed by atoms with Gasteiger partial charge < -0.3 is 19.5 Å². The number of amides is 1. The third-order valence-corrected chi connectivity index (χ3v) is 5.15. The van der Waals surface area contributed by atoms with Gasteiger partial charge in [0.05, 0.1) is 24.2 Å². The van der Waals surface area contributed by atoms with E-state index in [4.69, 9.17) is 14.2 Å². The Morgan fingerprint density at radius 1 is 1.29 bits per heavy atom. The van der Waals surface area contributed by atoms with Crippen LogP contribution in [0.3, 0.4) is 0 Å². The Kier molecular flexibility index (Phi) is 5.43. The van der Waals surface area contributed by atoms with Gasteiger partial charge in [-0.25, -0.2) is 4.98 Å². The van der Waals surface area contributed by atoms with Crippen LogP contribution < -0.4 is 19.5 Å². The third kappa shape index (κ3) is 4.26. The van der Waals surface area contributed by atoms with Crippen molar-refractivity contribution in [3.8, 4) is 17.2 Å². The van der Waals surface area contributed by atoms with Gasteiger partial charge in [0.1, 0.15) is 30.5 Å². The predicted molar refractivity (Wildman–Crippen MR) is 107 cm³/mol. The number of rotatable bonds is 6. The summed E-state index contributed by atoms with van der Waals surface area (Å²) in [5.41, 5.74) is 4.33. The molecule has 0 bridgehead atoms. The number of anilines is 1. The van der Waals surface area contributed by atoms with Crippen molar-refractivity contribution in [2.45, 2.75) is 13.0 Å². The van der Waals surface area contributed by atoms with Crippen LogP contribution in [0.25, 0.3) is 0 Å². The second-order valence-electron chi connectivity index (χ2n) is 6.47. The summed E-state index contributed by atoms with van der Waals surface area (Å²) in [5.74, 6) is 1.90. The number of hydrogen-bond acceptors (Lipinski definition) is 6. The average Bonchev–Trinajstić information content (AvgIpc) is 3.25. The SMILES string of the molecule is COc1ccc2c(c1)CC(C(=O)Nc1cccc(OCc3cscn3)c1)CO2. The van der Waals surface area contributed by atoms with Crippen molar-refractivity contribution >= 4 is 22.9 Å². The predicted octanol–water partition coefficient (Wildman–Crippen LogP) is 3.92. The maximum absolute atomic E-state index is 12.7. The minimum absolute atomic E-state index is 0.0786. The Balaban J connectivity index is 1.39.